The van der Waals surface area contributed by atoms with Crippen molar-refractivity contribution >= 4 is 43.5 Å². The molecule has 0 bridgehead atoms. The van der Waals surface area contributed by atoms with Gasteiger partial charge in [-0.25, -0.2) is 0 Å². The van der Waals surface area contributed by atoms with Crippen LogP contribution >= 0.6 is 43.5 Å². The monoisotopic (exact) mass is 374 g/mol. The van der Waals surface area contributed by atoms with Crippen molar-refractivity contribution < 1.29 is 4.74 Å². The molecule has 2 aromatic rings. The molecule has 0 saturated carbocycles. The van der Waals surface area contributed by atoms with Crippen molar-refractivity contribution in [3.05, 3.63) is 62.0 Å². The number of hydrogen-bond acceptors (Lipinski definition) is 1. The number of benzene rings is 2. The first-order valence-electron chi connectivity index (χ1n) is 4.97. The summed E-state index contributed by atoms with van der Waals surface area (Å²) in [6.45, 7) is 0.525. The average molecular weight is 376 g/mol. The fourth-order valence-corrected chi connectivity index (χ4v) is 2.62. The SMILES string of the molecule is Clc1ccc(COc2ccc(Br)cc2Br)cc1. The molecule has 0 radical (unpaired) electrons. The molecule has 0 aliphatic heterocycles. The van der Waals surface area contributed by atoms with Crippen LogP contribution in [0.4, 0.5) is 0 Å². The number of halogens is 3. The molecule has 0 saturated heterocycles. The van der Waals surface area contributed by atoms with E-state index >= 15 is 0 Å². The Morgan fingerprint density at radius 2 is 1.71 bits per heavy atom. The summed E-state index contributed by atoms with van der Waals surface area (Å²) in [5, 5.41) is 0.735. The summed E-state index contributed by atoms with van der Waals surface area (Å²) in [6, 6.07) is 13.4. The van der Waals surface area contributed by atoms with Crippen LogP contribution in [0, 0.1) is 0 Å². The molecule has 0 heterocycles. The molecule has 0 aliphatic carbocycles. The topological polar surface area (TPSA) is 9.23 Å². The van der Waals surface area contributed by atoms with E-state index in [4.69, 9.17) is 16.3 Å². The second kappa shape index (κ2) is 5.89. The van der Waals surface area contributed by atoms with E-state index in [-0.39, 0.29) is 0 Å². The smallest absolute Gasteiger partial charge is 0.134 e. The summed E-state index contributed by atoms with van der Waals surface area (Å²) >= 11 is 12.7. The molecular formula is C13H9Br2ClO. The van der Waals surface area contributed by atoms with Crippen LogP contribution in [0.3, 0.4) is 0 Å². The number of rotatable bonds is 3. The van der Waals surface area contributed by atoms with Crippen molar-refractivity contribution in [1.29, 1.82) is 0 Å². The first-order chi connectivity index (χ1) is 8.15. The van der Waals surface area contributed by atoms with Gasteiger partial charge in [0.2, 0.25) is 0 Å². The largest absolute Gasteiger partial charge is 0.488 e. The first kappa shape index (κ1) is 12.9. The van der Waals surface area contributed by atoms with E-state index in [0.29, 0.717) is 6.61 Å². The van der Waals surface area contributed by atoms with Crippen LogP contribution in [0.2, 0.25) is 5.02 Å². The van der Waals surface area contributed by atoms with E-state index in [9.17, 15) is 0 Å². The molecular weight excluding hydrogens is 367 g/mol. The number of ether oxygens (including phenoxy) is 1. The molecule has 1 nitrogen and oxygen atoms in total. The molecule has 88 valence electrons. The first-order valence-corrected chi connectivity index (χ1v) is 6.94. The second-order valence-electron chi connectivity index (χ2n) is 3.49. The van der Waals surface area contributed by atoms with Gasteiger partial charge in [0.15, 0.2) is 0 Å². The average Bonchev–Trinajstić information content (AvgIpc) is 2.30. The van der Waals surface area contributed by atoms with Gasteiger partial charge in [-0.05, 0) is 51.8 Å². The van der Waals surface area contributed by atoms with Crippen LogP contribution in [0.15, 0.2) is 51.4 Å². The van der Waals surface area contributed by atoms with Crippen LogP contribution in [0.1, 0.15) is 5.56 Å². The van der Waals surface area contributed by atoms with Gasteiger partial charge >= 0.3 is 0 Å². The molecule has 0 amide bonds. The van der Waals surface area contributed by atoms with Crippen LogP contribution < -0.4 is 4.74 Å². The van der Waals surface area contributed by atoms with Gasteiger partial charge in [-0.15, -0.1) is 0 Å². The Labute approximate surface area is 122 Å². The summed E-state index contributed by atoms with van der Waals surface area (Å²) in [4.78, 5) is 0. The summed E-state index contributed by atoms with van der Waals surface area (Å²) in [7, 11) is 0. The van der Waals surface area contributed by atoms with E-state index in [1.807, 2.05) is 42.5 Å². The van der Waals surface area contributed by atoms with Crippen molar-refractivity contribution in [2.75, 3.05) is 0 Å². The lowest BCUT2D eigenvalue weighted by atomic mass is 10.2. The number of hydrogen-bond donors (Lipinski definition) is 0. The zero-order valence-electron chi connectivity index (χ0n) is 8.79. The summed E-state index contributed by atoms with van der Waals surface area (Å²) in [5.74, 6) is 0.822. The van der Waals surface area contributed by atoms with Gasteiger partial charge in [0, 0.05) is 9.50 Å². The van der Waals surface area contributed by atoms with Gasteiger partial charge in [0.1, 0.15) is 12.4 Å². The Morgan fingerprint density at radius 1 is 1.00 bits per heavy atom. The lowest BCUT2D eigenvalue weighted by Crippen LogP contribution is -1.95. The lowest BCUT2D eigenvalue weighted by molar-refractivity contribution is 0.304. The van der Waals surface area contributed by atoms with Crippen molar-refractivity contribution in [1.82, 2.24) is 0 Å². The molecule has 4 heteroatoms. The molecule has 0 unspecified atom stereocenters. The predicted molar refractivity (Wildman–Crippen MR) is 77.6 cm³/mol. The molecule has 17 heavy (non-hydrogen) atoms. The fraction of sp³-hybridized carbons (Fsp3) is 0.0769. The second-order valence-corrected chi connectivity index (χ2v) is 5.70. The van der Waals surface area contributed by atoms with Crippen molar-refractivity contribution in [3.63, 3.8) is 0 Å². The van der Waals surface area contributed by atoms with Gasteiger partial charge in [0.05, 0.1) is 4.47 Å². The van der Waals surface area contributed by atoms with Gasteiger partial charge in [-0.3, -0.25) is 0 Å². The minimum atomic E-state index is 0.525. The highest BCUT2D eigenvalue weighted by Gasteiger charge is 2.02. The molecule has 0 fully saturated rings. The Kier molecular flexibility index (Phi) is 4.48. The maximum absolute atomic E-state index is 5.82. The molecule has 0 N–H and O–H groups in total. The highest BCUT2D eigenvalue weighted by molar-refractivity contribution is 9.11. The normalized spacial score (nSPS) is 10.3. The summed E-state index contributed by atoms with van der Waals surface area (Å²) in [6.07, 6.45) is 0. The Bertz CT molecular complexity index is 511. The Morgan fingerprint density at radius 3 is 2.35 bits per heavy atom. The molecule has 2 rings (SSSR count). The van der Waals surface area contributed by atoms with E-state index in [1.165, 1.54) is 0 Å². The summed E-state index contributed by atoms with van der Waals surface area (Å²) in [5.41, 5.74) is 1.09. The minimum absolute atomic E-state index is 0.525. The lowest BCUT2D eigenvalue weighted by Gasteiger charge is -2.08. The van der Waals surface area contributed by atoms with Crippen LogP contribution in [0.25, 0.3) is 0 Å². The van der Waals surface area contributed by atoms with Crippen molar-refractivity contribution in [2.45, 2.75) is 6.61 Å². The third-order valence-electron chi connectivity index (χ3n) is 2.20. The molecule has 0 aliphatic rings. The van der Waals surface area contributed by atoms with Gasteiger partial charge in [-0.2, -0.15) is 0 Å². The third-order valence-corrected chi connectivity index (χ3v) is 3.57. The maximum Gasteiger partial charge on any atom is 0.134 e. The van der Waals surface area contributed by atoms with Gasteiger partial charge in [0.25, 0.3) is 0 Å². The zero-order chi connectivity index (χ0) is 12.3. The summed E-state index contributed by atoms with van der Waals surface area (Å²) < 4.78 is 7.66. The maximum atomic E-state index is 5.82. The molecule has 2 aromatic carbocycles. The van der Waals surface area contributed by atoms with Crippen LogP contribution in [0.5, 0.6) is 5.75 Å². The zero-order valence-corrected chi connectivity index (χ0v) is 12.7. The molecule has 0 atom stereocenters. The van der Waals surface area contributed by atoms with Crippen LogP contribution in [-0.4, -0.2) is 0 Å². The quantitative estimate of drug-likeness (QED) is 0.693. The Hall–Kier alpha value is -0.510. The minimum Gasteiger partial charge on any atom is -0.488 e. The Balaban J connectivity index is 2.04. The van der Waals surface area contributed by atoms with Crippen molar-refractivity contribution in [3.8, 4) is 5.75 Å². The van der Waals surface area contributed by atoms with Crippen molar-refractivity contribution in [2.24, 2.45) is 0 Å². The highest BCUT2D eigenvalue weighted by atomic mass is 79.9. The molecule has 0 spiro atoms. The van der Waals surface area contributed by atoms with E-state index in [1.54, 1.807) is 0 Å². The van der Waals surface area contributed by atoms with Gasteiger partial charge in [-0.1, -0.05) is 39.7 Å². The molecule has 0 aromatic heterocycles. The van der Waals surface area contributed by atoms with E-state index in [2.05, 4.69) is 31.9 Å². The predicted octanol–water partition coefficient (Wildman–Crippen LogP) is 5.44. The van der Waals surface area contributed by atoms with E-state index in [0.717, 1.165) is 25.3 Å². The third kappa shape index (κ3) is 3.73. The van der Waals surface area contributed by atoms with E-state index < -0.39 is 0 Å². The van der Waals surface area contributed by atoms with Crippen LogP contribution in [-0.2, 0) is 6.61 Å². The fourth-order valence-electron chi connectivity index (χ4n) is 1.33. The standard InChI is InChI=1S/C13H9Br2ClO/c14-10-3-6-13(12(15)7-10)17-8-9-1-4-11(16)5-2-9/h1-7H,8H2. The van der Waals surface area contributed by atoms with Gasteiger partial charge < -0.3 is 4.74 Å². The highest BCUT2D eigenvalue weighted by Crippen LogP contribution is 2.28.